The van der Waals surface area contributed by atoms with Crippen LogP contribution in [-0.2, 0) is 0 Å². The third-order valence-corrected chi connectivity index (χ3v) is 5.38. The maximum atomic E-state index is 6.06. The Kier molecular flexibility index (Phi) is 3.09. The van der Waals surface area contributed by atoms with Gasteiger partial charge in [0.05, 0.1) is 16.6 Å². The fourth-order valence-electron chi connectivity index (χ4n) is 3.62. The summed E-state index contributed by atoms with van der Waals surface area (Å²) in [6.45, 7) is 3.00. The minimum atomic E-state index is 0.556. The van der Waals surface area contributed by atoms with Crippen LogP contribution in [0.25, 0.3) is 0 Å². The molecule has 1 aliphatic carbocycles. The largest absolute Gasteiger partial charge is 0.316 e. The van der Waals surface area contributed by atoms with E-state index in [4.69, 9.17) is 28.2 Å². The normalized spacial score (nSPS) is 31.6. The lowest BCUT2D eigenvalue weighted by molar-refractivity contribution is 0.0820. The molecular formula is C15H15Cl2N3. The number of hydrogen-bond acceptors (Lipinski definition) is 3. The summed E-state index contributed by atoms with van der Waals surface area (Å²) in [4.78, 5) is 9.35. The summed E-state index contributed by atoms with van der Waals surface area (Å²) in [7, 11) is 0. The van der Waals surface area contributed by atoms with E-state index in [-0.39, 0.29) is 0 Å². The molecule has 0 aromatic heterocycles. The highest BCUT2D eigenvalue weighted by Crippen LogP contribution is 2.44. The van der Waals surface area contributed by atoms with E-state index in [0.717, 1.165) is 42.9 Å². The van der Waals surface area contributed by atoms with Gasteiger partial charge in [-0.1, -0.05) is 23.2 Å². The fraction of sp³-hybridized carbons (Fsp3) is 0.467. The van der Waals surface area contributed by atoms with Crippen LogP contribution in [-0.4, -0.2) is 31.2 Å². The van der Waals surface area contributed by atoms with Crippen molar-refractivity contribution in [2.75, 3.05) is 19.6 Å². The van der Waals surface area contributed by atoms with Crippen molar-refractivity contribution in [2.24, 2.45) is 27.7 Å². The highest BCUT2D eigenvalue weighted by molar-refractivity contribution is 6.42. The first-order valence-electron chi connectivity index (χ1n) is 7.00. The molecule has 1 aromatic carbocycles. The van der Waals surface area contributed by atoms with Crippen molar-refractivity contribution in [2.45, 2.75) is 6.42 Å². The van der Waals surface area contributed by atoms with Crippen LogP contribution in [0, 0.1) is 17.8 Å². The first-order valence-corrected chi connectivity index (χ1v) is 7.76. The Balaban J connectivity index is 1.57. The van der Waals surface area contributed by atoms with Gasteiger partial charge in [0, 0.05) is 17.2 Å². The Bertz CT molecular complexity index is 610. The first-order chi connectivity index (χ1) is 9.72. The molecule has 0 amide bonds. The quantitative estimate of drug-likeness (QED) is 0.896. The maximum absolute atomic E-state index is 6.06. The van der Waals surface area contributed by atoms with E-state index in [1.54, 1.807) is 6.07 Å². The number of fused-ring (bicyclic) bond motifs is 2. The van der Waals surface area contributed by atoms with Crippen LogP contribution >= 0.6 is 23.2 Å². The summed E-state index contributed by atoms with van der Waals surface area (Å²) in [6, 6.07) is 5.58. The molecule has 2 fully saturated rings. The highest BCUT2D eigenvalue weighted by Gasteiger charge is 2.46. The predicted molar refractivity (Wildman–Crippen MR) is 83.3 cm³/mol. The summed E-state index contributed by atoms with van der Waals surface area (Å²) in [5.74, 6) is 2.96. The molecule has 104 valence electrons. The smallest absolute Gasteiger partial charge is 0.154 e. The van der Waals surface area contributed by atoms with Crippen molar-refractivity contribution < 1.29 is 0 Å². The van der Waals surface area contributed by atoms with Gasteiger partial charge >= 0.3 is 0 Å². The van der Waals surface area contributed by atoms with E-state index >= 15 is 0 Å². The van der Waals surface area contributed by atoms with Gasteiger partial charge in [0.1, 0.15) is 0 Å². The number of amidine groups is 1. The number of aliphatic imine (C=N–C) groups is 2. The lowest BCUT2D eigenvalue weighted by Gasteiger charge is -2.49. The molecule has 5 heteroatoms. The van der Waals surface area contributed by atoms with Gasteiger partial charge < -0.3 is 5.32 Å². The Morgan fingerprint density at radius 3 is 2.60 bits per heavy atom. The molecule has 0 spiro atoms. The molecule has 2 atom stereocenters. The molecule has 1 aromatic rings. The zero-order valence-corrected chi connectivity index (χ0v) is 12.5. The number of rotatable bonds is 2. The lowest BCUT2D eigenvalue weighted by Crippen LogP contribution is -2.56. The molecule has 1 saturated heterocycles. The Morgan fingerprint density at radius 2 is 1.90 bits per heavy atom. The van der Waals surface area contributed by atoms with Crippen LogP contribution in [0.2, 0.25) is 10.0 Å². The van der Waals surface area contributed by atoms with Gasteiger partial charge in [-0.3, -0.25) is 4.99 Å². The second-order valence-electron chi connectivity index (χ2n) is 5.81. The molecule has 1 N–H and O–H groups in total. The van der Waals surface area contributed by atoms with Crippen LogP contribution in [0.3, 0.4) is 0 Å². The minimum absolute atomic E-state index is 0.556. The number of halogens is 2. The minimum Gasteiger partial charge on any atom is -0.316 e. The highest BCUT2D eigenvalue weighted by atomic mass is 35.5. The molecule has 2 aliphatic heterocycles. The van der Waals surface area contributed by atoms with E-state index in [2.05, 4.69) is 10.3 Å². The van der Waals surface area contributed by atoms with Crippen LogP contribution in [0.4, 0.5) is 0 Å². The van der Waals surface area contributed by atoms with Crippen molar-refractivity contribution in [3.63, 3.8) is 0 Å². The van der Waals surface area contributed by atoms with Gasteiger partial charge in [-0.15, -0.1) is 0 Å². The summed E-state index contributed by atoms with van der Waals surface area (Å²) < 4.78 is 0. The molecule has 3 aliphatic rings. The van der Waals surface area contributed by atoms with Crippen LogP contribution in [0.1, 0.15) is 12.0 Å². The van der Waals surface area contributed by atoms with E-state index in [0.29, 0.717) is 16.0 Å². The number of benzene rings is 1. The number of piperidine rings is 2. The second kappa shape index (κ2) is 4.83. The fourth-order valence-corrected chi connectivity index (χ4v) is 3.92. The standard InChI is InChI=1S/C15H15Cl2N3/c16-11-2-1-8(4-12(11)17)15-19-7-13(20-15)14-9-3-10(14)6-18-5-9/h1-2,4,9-10,14,18H,3,5-7H2. The molecule has 4 rings (SSSR count). The van der Waals surface area contributed by atoms with Crippen molar-refractivity contribution in [1.29, 1.82) is 0 Å². The summed E-state index contributed by atoms with van der Waals surface area (Å²) >= 11 is 12.0. The molecule has 2 unspecified atom stereocenters. The predicted octanol–water partition coefficient (Wildman–Crippen LogP) is 3.05. The van der Waals surface area contributed by atoms with Crippen molar-refractivity contribution in [1.82, 2.24) is 5.32 Å². The SMILES string of the molecule is Clc1ccc(C2=NCC(C3C4CNCC3C4)=N2)cc1Cl. The van der Waals surface area contributed by atoms with Gasteiger partial charge in [-0.05, 0) is 49.5 Å². The molecule has 2 bridgehead atoms. The number of nitrogens with zero attached hydrogens (tertiary/aromatic N) is 2. The van der Waals surface area contributed by atoms with Crippen molar-refractivity contribution >= 4 is 34.7 Å². The Labute approximate surface area is 128 Å². The molecule has 0 radical (unpaired) electrons. The monoisotopic (exact) mass is 307 g/mol. The zero-order chi connectivity index (χ0) is 13.7. The maximum Gasteiger partial charge on any atom is 0.154 e. The van der Waals surface area contributed by atoms with Crippen LogP contribution < -0.4 is 5.32 Å². The second-order valence-corrected chi connectivity index (χ2v) is 6.63. The number of hydrogen-bond donors (Lipinski definition) is 1. The van der Waals surface area contributed by atoms with E-state index < -0.39 is 0 Å². The first kappa shape index (κ1) is 12.8. The van der Waals surface area contributed by atoms with Gasteiger partial charge in [-0.2, -0.15) is 0 Å². The van der Waals surface area contributed by atoms with E-state index in [1.165, 1.54) is 12.1 Å². The Hall–Kier alpha value is -0.900. The van der Waals surface area contributed by atoms with Crippen molar-refractivity contribution in [3.05, 3.63) is 33.8 Å². The third-order valence-electron chi connectivity index (χ3n) is 4.64. The molecular weight excluding hydrogens is 293 g/mol. The third kappa shape index (κ3) is 2.00. The molecule has 2 heterocycles. The van der Waals surface area contributed by atoms with Gasteiger partial charge in [0.2, 0.25) is 0 Å². The summed E-state index contributed by atoms with van der Waals surface area (Å²) in [6.07, 6.45) is 1.35. The Morgan fingerprint density at radius 1 is 1.10 bits per heavy atom. The average Bonchev–Trinajstić information content (AvgIpc) is 2.92. The zero-order valence-electron chi connectivity index (χ0n) is 10.9. The molecule has 20 heavy (non-hydrogen) atoms. The van der Waals surface area contributed by atoms with Crippen molar-refractivity contribution in [3.8, 4) is 0 Å². The van der Waals surface area contributed by atoms with E-state index in [1.807, 2.05) is 12.1 Å². The topological polar surface area (TPSA) is 36.8 Å². The summed E-state index contributed by atoms with van der Waals surface area (Å²) in [5, 5.41) is 4.59. The molecule has 1 saturated carbocycles. The van der Waals surface area contributed by atoms with Gasteiger partial charge in [0.15, 0.2) is 5.84 Å². The van der Waals surface area contributed by atoms with Gasteiger partial charge in [0.25, 0.3) is 0 Å². The average molecular weight is 308 g/mol. The number of nitrogens with one attached hydrogen (secondary N) is 1. The van der Waals surface area contributed by atoms with Crippen LogP contribution in [0.5, 0.6) is 0 Å². The van der Waals surface area contributed by atoms with E-state index in [9.17, 15) is 0 Å². The van der Waals surface area contributed by atoms with Gasteiger partial charge in [-0.25, -0.2) is 4.99 Å². The molecule has 3 nitrogen and oxygen atoms in total. The summed E-state index contributed by atoms with van der Waals surface area (Å²) in [5.41, 5.74) is 2.21. The van der Waals surface area contributed by atoms with Crippen LogP contribution in [0.15, 0.2) is 28.2 Å². The lowest BCUT2D eigenvalue weighted by atomic mass is 9.60.